The van der Waals surface area contributed by atoms with Crippen molar-refractivity contribution in [2.24, 2.45) is 0 Å². The summed E-state index contributed by atoms with van der Waals surface area (Å²) in [5.74, 6) is 0.543. The standard InChI is InChI=1S/C15H18ClN5/c1-3-21-14-13(10(2)19-21)18-15(17)20(14)9-8-11-4-6-12(16)7-5-11/h4-7H,3,8-9H2,1-2H3,(H2,17,18). The van der Waals surface area contributed by atoms with Crippen molar-refractivity contribution in [2.75, 3.05) is 5.73 Å². The predicted octanol–water partition coefficient (Wildman–Crippen LogP) is 3.04. The third-order valence-electron chi connectivity index (χ3n) is 3.67. The van der Waals surface area contributed by atoms with Gasteiger partial charge in [0.05, 0.1) is 5.69 Å². The number of nitrogen functional groups attached to an aromatic ring is 1. The van der Waals surface area contributed by atoms with E-state index < -0.39 is 0 Å². The molecule has 0 bridgehead atoms. The van der Waals surface area contributed by atoms with Crippen LogP contribution in [0.5, 0.6) is 0 Å². The summed E-state index contributed by atoms with van der Waals surface area (Å²) in [7, 11) is 0. The number of aromatic nitrogens is 4. The summed E-state index contributed by atoms with van der Waals surface area (Å²) in [5.41, 5.74) is 10.1. The Morgan fingerprint density at radius 3 is 2.62 bits per heavy atom. The van der Waals surface area contributed by atoms with Gasteiger partial charge in [-0.1, -0.05) is 23.7 Å². The molecule has 2 aromatic heterocycles. The van der Waals surface area contributed by atoms with E-state index >= 15 is 0 Å². The van der Waals surface area contributed by atoms with Crippen LogP contribution in [0.4, 0.5) is 5.95 Å². The smallest absolute Gasteiger partial charge is 0.202 e. The fourth-order valence-electron chi connectivity index (χ4n) is 2.57. The second-order valence-electron chi connectivity index (χ2n) is 5.07. The topological polar surface area (TPSA) is 61.7 Å². The van der Waals surface area contributed by atoms with Crippen LogP contribution in [0, 0.1) is 6.92 Å². The molecule has 0 amide bonds. The Hall–Kier alpha value is -2.01. The maximum absolute atomic E-state index is 6.07. The summed E-state index contributed by atoms with van der Waals surface area (Å²) < 4.78 is 3.99. The molecule has 0 spiro atoms. The lowest BCUT2D eigenvalue weighted by Crippen LogP contribution is -2.10. The van der Waals surface area contributed by atoms with Crippen molar-refractivity contribution >= 4 is 28.7 Å². The van der Waals surface area contributed by atoms with E-state index in [0.717, 1.165) is 41.4 Å². The average Bonchev–Trinajstić information content (AvgIpc) is 2.96. The molecule has 0 aliphatic rings. The normalized spacial score (nSPS) is 11.4. The van der Waals surface area contributed by atoms with Gasteiger partial charge >= 0.3 is 0 Å². The number of nitrogens with zero attached hydrogens (tertiary/aromatic N) is 4. The Bertz CT molecular complexity index is 770. The summed E-state index contributed by atoms with van der Waals surface area (Å²) in [6.45, 7) is 5.61. The molecule has 0 saturated heterocycles. The molecule has 0 unspecified atom stereocenters. The largest absolute Gasteiger partial charge is 0.369 e. The molecular weight excluding hydrogens is 286 g/mol. The Labute approximate surface area is 128 Å². The van der Waals surface area contributed by atoms with Crippen LogP contribution in [0.15, 0.2) is 24.3 Å². The zero-order valence-electron chi connectivity index (χ0n) is 12.2. The first kappa shape index (κ1) is 13.9. The Balaban J connectivity index is 1.92. The highest BCUT2D eigenvalue weighted by Crippen LogP contribution is 2.21. The van der Waals surface area contributed by atoms with E-state index in [9.17, 15) is 0 Å². The molecule has 0 atom stereocenters. The zero-order chi connectivity index (χ0) is 15.0. The van der Waals surface area contributed by atoms with E-state index in [2.05, 4.69) is 17.0 Å². The fourth-order valence-corrected chi connectivity index (χ4v) is 2.70. The first-order valence-corrected chi connectivity index (χ1v) is 7.41. The van der Waals surface area contributed by atoms with Gasteiger partial charge in [0.2, 0.25) is 5.95 Å². The van der Waals surface area contributed by atoms with Gasteiger partial charge in [-0.25, -0.2) is 9.67 Å². The van der Waals surface area contributed by atoms with Gasteiger partial charge < -0.3 is 5.73 Å². The molecule has 110 valence electrons. The molecule has 0 aliphatic carbocycles. The van der Waals surface area contributed by atoms with Crippen molar-refractivity contribution in [3.63, 3.8) is 0 Å². The average molecular weight is 304 g/mol. The first-order chi connectivity index (χ1) is 10.1. The number of benzene rings is 1. The van der Waals surface area contributed by atoms with Crippen LogP contribution in [-0.2, 0) is 19.5 Å². The third kappa shape index (κ3) is 2.49. The SMILES string of the molecule is CCn1nc(C)c2nc(N)n(CCc3ccc(Cl)cc3)c21. The molecule has 6 heteroatoms. The van der Waals surface area contributed by atoms with Gasteiger partial charge in [0.1, 0.15) is 5.52 Å². The zero-order valence-corrected chi connectivity index (χ0v) is 12.9. The molecule has 5 nitrogen and oxygen atoms in total. The molecule has 3 rings (SSSR count). The van der Waals surface area contributed by atoms with Crippen LogP contribution >= 0.6 is 11.6 Å². The lowest BCUT2D eigenvalue weighted by Gasteiger charge is -2.08. The summed E-state index contributed by atoms with van der Waals surface area (Å²) in [4.78, 5) is 4.44. The quantitative estimate of drug-likeness (QED) is 0.806. The number of aryl methyl sites for hydroxylation is 4. The monoisotopic (exact) mass is 303 g/mol. The molecule has 0 aliphatic heterocycles. The van der Waals surface area contributed by atoms with Gasteiger partial charge in [-0.15, -0.1) is 0 Å². The third-order valence-corrected chi connectivity index (χ3v) is 3.92. The van der Waals surface area contributed by atoms with E-state index in [1.807, 2.05) is 40.4 Å². The maximum Gasteiger partial charge on any atom is 0.202 e. The molecule has 0 fully saturated rings. The summed E-state index contributed by atoms with van der Waals surface area (Å²) in [5, 5.41) is 5.25. The van der Waals surface area contributed by atoms with Crippen molar-refractivity contribution in [3.8, 4) is 0 Å². The van der Waals surface area contributed by atoms with Gasteiger partial charge in [-0.2, -0.15) is 5.10 Å². The van der Waals surface area contributed by atoms with E-state index in [1.165, 1.54) is 5.56 Å². The van der Waals surface area contributed by atoms with E-state index in [0.29, 0.717) is 5.95 Å². The number of nitrogens with two attached hydrogens (primary N) is 1. The highest BCUT2D eigenvalue weighted by molar-refractivity contribution is 6.30. The van der Waals surface area contributed by atoms with Crippen molar-refractivity contribution in [1.29, 1.82) is 0 Å². The minimum absolute atomic E-state index is 0.543. The van der Waals surface area contributed by atoms with Gasteiger partial charge in [0.25, 0.3) is 0 Å². The Morgan fingerprint density at radius 2 is 1.95 bits per heavy atom. The van der Waals surface area contributed by atoms with E-state index in [4.69, 9.17) is 17.3 Å². The second-order valence-corrected chi connectivity index (χ2v) is 5.51. The number of hydrogen-bond acceptors (Lipinski definition) is 3. The minimum atomic E-state index is 0.543. The molecule has 2 heterocycles. The second kappa shape index (κ2) is 5.41. The number of rotatable bonds is 4. The van der Waals surface area contributed by atoms with Gasteiger partial charge in [-0.3, -0.25) is 4.57 Å². The molecule has 1 aromatic carbocycles. The van der Waals surface area contributed by atoms with Crippen LogP contribution in [0.2, 0.25) is 5.02 Å². The summed E-state index contributed by atoms with van der Waals surface area (Å²) >= 11 is 5.91. The lowest BCUT2D eigenvalue weighted by molar-refractivity contribution is 0.631. The van der Waals surface area contributed by atoms with E-state index in [-0.39, 0.29) is 0 Å². The number of anilines is 1. The number of imidazole rings is 1. The van der Waals surface area contributed by atoms with Crippen LogP contribution in [0.3, 0.4) is 0 Å². The van der Waals surface area contributed by atoms with Crippen molar-refractivity contribution in [1.82, 2.24) is 19.3 Å². The van der Waals surface area contributed by atoms with Crippen molar-refractivity contribution < 1.29 is 0 Å². The molecule has 0 radical (unpaired) electrons. The summed E-state index contributed by atoms with van der Waals surface area (Å²) in [6.07, 6.45) is 0.876. The Kier molecular flexibility index (Phi) is 3.59. The van der Waals surface area contributed by atoms with Gasteiger partial charge in [-0.05, 0) is 38.0 Å². The van der Waals surface area contributed by atoms with Crippen molar-refractivity contribution in [3.05, 3.63) is 40.5 Å². The minimum Gasteiger partial charge on any atom is -0.369 e. The van der Waals surface area contributed by atoms with Crippen LogP contribution < -0.4 is 5.73 Å². The van der Waals surface area contributed by atoms with Gasteiger partial charge in [0, 0.05) is 18.1 Å². The predicted molar refractivity (Wildman–Crippen MR) is 85.5 cm³/mol. The Morgan fingerprint density at radius 1 is 1.24 bits per heavy atom. The highest BCUT2D eigenvalue weighted by Gasteiger charge is 2.16. The fraction of sp³-hybridized carbons (Fsp3) is 0.333. The maximum atomic E-state index is 6.07. The molecular formula is C15H18ClN5. The first-order valence-electron chi connectivity index (χ1n) is 7.03. The lowest BCUT2D eigenvalue weighted by atomic mass is 10.1. The summed E-state index contributed by atoms with van der Waals surface area (Å²) in [6, 6.07) is 7.89. The number of fused-ring (bicyclic) bond motifs is 1. The van der Waals surface area contributed by atoms with Crippen LogP contribution in [-0.4, -0.2) is 19.3 Å². The van der Waals surface area contributed by atoms with Crippen LogP contribution in [0.25, 0.3) is 11.2 Å². The highest BCUT2D eigenvalue weighted by atomic mass is 35.5. The molecule has 3 aromatic rings. The van der Waals surface area contributed by atoms with Crippen LogP contribution in [0.1, 0.15) is 18.2 Å². The van der Waals surface area contributed by atoms with Crippen molar-refractivity contribution in [2.45, 2.75) is 33.4 Å². The molecule has 0 saturated carbocycles. The van der Waals surface area contributed by atoms with Gasteiger partial charge in [0.15, 0.2) is 5.65 Å². The van der Waals surface area contributed by atoms with E-state index in [1.54, 1.807) is 0 Å². The number of hydrogen-bond donors (Lipinski definition) is 1. The number of halogens is 1. The molecule has 21 heavy (non-hydrogen) atoms. The molecule has 2 N–H and O–H groups in total.